The summed E-state index contributed by atoms with van der Waals surface area (Å²) in [4.78, 5) is 1.01. The highest BCUT2D eigenvalue weighted by atomic mass is 16.3. The molecule has 1 aliphatic rings. The average Bonchev–Trinajstić information content (AvgIpc) is 3.86. The van der Waals surface area contributed by atoms with Crippen LogP contribution in [0.15, 0.2) is 198 Å². The first-order valence-corrected chi connectivity index (χ1v) is 16.5. The van der Waals surface area contributed by atoms with Gasteiger partial charge in [-0.3, -0.25) is 0 Å². The van der Waals surface area contributed by atoms with Gasteiger partial charge < -0.3 is 9.32 Å². The maximum Gasteiger partial charge on any atom is 0.139 e. The van der Waals surface area contributed by atoms with E-state index < -0.39 is 148 Å². The number of fused-ring (bicyclic) bond motifs is 6. The Bertz CT molecular complexity index is 3510. The zero-order chi connectivity index (χ0) is 50.3. The molecule has 0 atom stereocenters. The maximum absolute atomic E-state index is 9.49. The molecule has 0 N–H and O–H groups in total. The third-order valence-corrected chi connectivity index (χ3v) is 9.67. The average molecular weight is 684 g/mol. The number of rotatable bonds is 6. The molecule has 0 aliphatic heterocycles. The Morgan fingerprint density at radius 2 is 0.962 bits per heavy atom. The number of furan rings is 1. The summed E-state index contributed by atoms with van der Waals surface area (Å²) in [5, 5.41) is 1.09. The van der Waals surface area contributed by atoms with Crippen LogP contribution in [0.25, 0.3) is 55.3 Å². The minimum absolute atomic E-state index is 0.00362. The Morgan fingerprint density at radius 3 is 1.52 bits per heavy atom. The first-order chi connectivity index (χ1) is 33.2. The molecule has 8 aromatic carbocycles. The summed E-state index contributed by atoms with van der Waals surface area (Å²) in [7, 11) is 0. The number of benzene rings is 8. The van der Waals surface area contributed by atoms with E-state index in [0.717, 1.165) is 32.7 Å². The highest BCUT2D eigenvalue weighted by molar-refractivity contribution is 6.08. The van der Waals surface area contributed by atoms with Gasteiger partial charge in [0.25, 0.3) is 0 Å². The molecule has 9 aromatic rings. The van der Waals surface area contributed by atoms with E-state index in [1.54, 1.807) is 12.1 Å². The summed E-state index contributed by atoms with van der Waals surface area (Å²) in [5.74, 6) is 0. The fourth-order valence-electron chi connectivity index (χ4n) is 7.27. The van der Waals surface area contributed by atoms with Crippen LogP contribution in [-0.4, -0.2) is 0 Å². The number of hydrogen-bond donors (Lipinski definition) is 0. The van der Waals surface area contributed by atoms with Crippen molar-refractivity contribution in [3.8, 4) is 33.4 Å². The van der Waals surface area contributed by atoms with E-state index in [0.29, 0.717) is 21.9 Å². The summed E-state index contributed by atoms with van der Waals surface area (Å²) in [5.41, 5.74) is 1.63. The minimum atomic E-state index is -0.851. The molecule has 0 unspecified atom stereocenters. The van der Waals surface area contributed by atoms with Crippen molar-refractivity contribution in [1.82, 2.24) is 0 Å². The Balaban J connectivity index is 1.27. The molecule has 0 fully saturated rings. The molecule has 52 heavy (non-hydrogen) atoms. The van der Waals surface area contributed by atoms with Gasteiger partial charge in [0.15, 0.2) is 0 Å². The number of nitrogens with zero attached hydrogens (tertiary/aromatic N) is 1. The molecule has 1 aromatic heterocycles. The SMILES string of the molecule is [2H]c1c([2H])c([2H])c(-c2c([2H])c([2H])c(N(c3ccc4oc5c(C6(C)c7ccccc7-c7ccccc76)cccc5c4c3)c3c([2H])c([2H])c(-c4c([2H])c([2H])c([2H])c([2H])c4[2H])c([2H])c3[2H])c([2H])c2[2H])c([2H])c1[2H]. The van der Waals surface area contributed by atoms with Crippen molar-refractivity contribution in [2.24, 2.45) is 0 Å². The zero-order valence-corrected chi connectivity index (χ0v) is 27.4. The van der Waals surface area contributed by atoms with Gasteiger partial charge in [0.1, 0.15) is 11.2 Å². The highest BCUT2D eigenvalue weighted by Gasteiger charge is 2.42. The fraction of sp³-hybridized carbons (Fsp3) is 0.0400. The van der Waals surface area contributed by atoms with Crippen LogP contribution in [-0.2, 0) is 5.41 Å². The largest absolute Gasteiger partial charge is 0.456 e. The summed E-state index contributed by atoms with van der Waals surface area (Å²) < 4.78 is 166. The van der Waals surface area contributed by atoms with Crippen LogP contribution in [0.4, 0.5) is 17.1 Å². The van der Waals surface area contributed by atoms with Crippen LogP contribution < -0.4 is 4.90 Å². The molecule has 2 heteroatoms. The van der Waals surface area contributed by atoms with Crippen molar-refractivity contribution in [2.45, 2.75) is 12.3 Å². The van der Waals surface area contributed by atoms with Crippen LogP contribution >= 0.6 is 0 Å². The lowest BCUT2D eigenvalue weighted by atomic mass is 9.74. The monoisotopic (exact) mass is 683 g/mol. The Labute approximate surface area is 329 Å². The molecule has 0 bridgehead atoms. The quantitative estimate of drug-likeness (QED) is 0.173. The normalized spacial score (nSPS) is 17.7. The second kappa shape index (κ2) is 12.0. The molecule has 2 nitrogen and oxygen atoms in total. The van der Waals surface area contributed by atoms with Gasteiger partial charge in [-0.2, -0.15) is 0 Å². The molecule has 1 heterocycles. The lowest BCUT2D eigenvalue weighted by Gasteiger charge is -2.28. The van der Waals surface area contributed by atoms with Crippen LogP contribution in [0.1, 0.15) is 48.3 Å². The molecular weight excluding hydrogens is 631 g/mol. The standard InChI is InChI=1S/C50H35NO/c1-50(45-20-10-8-17-41(45)42-18-9-11-21-46(42)50)47-22-12-19-43-44-33-40(31-32-48(44)52-49(43)47)51(38-27-23-36(24-28-38)34-13-4-2-5-14-34)39-29-25-37(26-30-39)35-15-6-3-7-16-35/h2-33H,1H3/i2D,3D,4D,5D,6D,7D,13D,14D,15D,16D,23D,24D,25D,26D,27D,28D,29D,30D. The van der Waals surface area contributed by atoms with Crippen molar-refractivity contribution in [2.75, 3.05) is 4.90 Å². The third kappa shape index (κ3) is 4.72. The van der Waals surface area contributed by atoms with Crippen molar-refractivity contribution in [3.63, 3.8) is 0 Å². The molecule has 246 valence electrons. The number of hydrogen-bond acceptors (Lipinski definition) is 2. The van der Waals surface area contributed by atoms with E-state index in [4.69, 9.17) is 18.1 Å². The van der Waals surface area contributed by atoms with Crippen LogP contribution in [0.2, 0.25) is 0 Å². The first-order valence-electron chi connectivity index (χ1n) is 25.5. The first kappa shape index (κ1) is 17.0. The van der Waals surface area contributed by atoms with Gasteiger partial charge in [-0.1, -0.05) is 151 Å². The van der Waals surface area contributed by atoms with Gasteiger partial charge in [-0.25, -0.2) is 0 Å². The second-order valence-corrected chi connectivity index (χ2v) is 12.5. The van der Waals surface area contributed by atoms with Gasteiger partial charge in [-0.05, 0) is 93.8 Å². The third-order valence-electron chi connectivity index (χ3n) is 9.67. The van der Waals surface area contributed by atoms with Crippen LogP contribution in [0.3, 0.4) is 0 Å². The summed E-state index contributed by atoms with van der Waals surface area (Å²) in [6.45, 7) is 2.12. The van der Waals surface area contributed by atoms with Gasteiger partial charge in [0.05, 0.1) is 24.7 Å². The smallest absolute Gasteiger partial charge is 0.139 e. The van der Waals surface area contributed by atoms with Crippen molar-refractivity contribution in [1.29, 1.82) is 0 Å². The summed E-state index contributed by atoms with van der Waals surface area (Å²) >= 11 is 0. The Hall–Kier alpha value is -6.64. The molecule has 0 saturated carbocycles. The topological polar surface area (TPSA) is 16.4 Å². The van der Waals surface area contributed by atoms with E-state index in [1.165, 1.54) is 6.07 Å². The van der Waals surface area contributed by atoms with E-state index in [2.05, 4.69) is 31.2 Å². The van der Waals surface area contributed by atoms with Gasteiger partial charge in [-0.15, -0.1) is 0 Å². The molecular formula is C50H35NO. The van der Waals surface area contributed by atoms with Crippen molar-refractivity contribution in [3.05, 3.63) is 210 Å². The van der Waals surface area contributed by atoms with E-state index in [-0.39, 0.29) is 5.69 Å². The molecule has 0 saturated heterocycles. The highest BCUT2D eigenvalue weighted by Crippen LogP contribution is 2.54. The van der Waals surface area contributed by atoms with Crippen LogP contribution in [0, 0.1) is 0 Å². The molecule has 0 spiro atoms. The molecule has 0 amide bonds. The Kier molecular flexibility index (Phi) is 3.93. The molecule has 1 aliphatic carbocycles. The summed E-state index contributed by atoms with van der Waals surface area (Å²) in [6, 6.07) is 12.0. The van der Waals surface area contributed by atoms with E-state index in [9.17, 15) is 11.0 Å². The van der Waals surface area contributed by atoms with Gasteiger partial charge in [0, 0.05) is 38.8 Å². The molecule has 0 radical (unpaired) electrons. The molecule has 10 rings (SSSR count). The van der Waals surface area contributed by atoms with Gasteiger partial charge >= 0.3 is 0 Å². The van der Waals surface area contributed by atoms with Crippen LogP contribution in [0.5, 0.6) is 0 Å². The van der Waals surface area contributed by atoms with Crippen molar-refractivity contribution < 1.29 is 29.1 Å². The number of para-hydroxylation sites is 1. The lowest BCUT2D eigenvalue weighted by molar-refractivity contribution is 0.638. The zero-order valence-electron chi connectivity index (χ0n) is 45.4. The van der Waals surface area contributed by atoms with E-state index in [1.807, 2.05) is 42.5 Å². The summed E-state index contributed by atoms with van der Waals surface area (Å²) in [6.07, 6.45) is 0. The minimum Gasteiger partial charge on any atom is -0.456 e. The van der Waals surface area contributed by atoms with Gasteiger partial charge in [0.2, 0.25) is 0 Å². The fourth-order valence-corrected chi connectivity index (χ4v) is 7.27. The van der Waals surface area contributed by atoms with Crippen molar-refractivity contribution >= 4 is 39.0 Å². The Morgan fingerprint density at radius 1 is 0.462 bits per heavy atom. The number of anilines is 3. The predicted octanol–water partition coefficient (Wildman–Crippen LogP) is 13.7. The lowest BCUT2D eigenvalue weighted by Crippen LogP contribution is -2.22. The second-order valence-electron chi connectivity index (χ2n) is 12.5. The maximum atomic E-state index is 9.49. The van der Waals surface area contributed by atoms with E-state index >= 15 is 0 Å². The predicted molar refractivity (Wildman–Crippen MR) is 217 cm³/mol.